The second kappa shape index (κ2) is 3.95. The number of fused-ring (bicyclic) bond motifs is 1. The van der Waals surface area contributed by atoms with E-state index in [0.29, 0.717) is 5.92 Å². The van der Waals surface area contributed by atoms with E-state index in [1.807, 2.05) is 0 Å². The monoisotopic (exact) mass is 232 g/mol. The molecule has 0 aromatic heterocycles. The van der Waals surface area contributed by atoms with E-state index >= 15 is 0 Å². The molecule has 0 bridgehead atoms. The van der Waals surface area contributed by atoms with E-state index in [9.17, 15) is 0 Å². The predicted octanol–water partition coefficient (Wildman–Crippen LogP) is 1.35. The van der Waals surface area contributed by atoms with Crippen molar-refractivity contribution in [3.8, 4) is 11.5 Å². The highest BCUT2D eigenvalue weighted by atomic mass is 16.5. The van der Waals surface area contributed by atoms with Gasteiger partial charge in [0.25, 0.3) is 0 Å². The van der Waals surface area contributed by atoms with E-state index in [1.165, 1.54) is 11.1 Å². The van der Waals surface area contributed by atoms with E-state index < -0.39 is 0 Å². The Morgan fingerprint density at radius 3 is 2.65 bits per heavy atom. The fourth-order valence-electron chi connectivity index (χ4n) is 2.53. The Hall–Kier alpha value is -1.71. The van der Waals surface area contributed by atoms with Gasteiger partial charge in [-0.25, -0.2) is 0 Å². The Bertz CT molecular complexity index is 483. The van der Waals surface area contributed by atoms with Crippen LogP contribution in [0.1, 0.15) is 17.0 Å². The topological polar surface area (TPSA) is 42.9 Å². The maximum Gasteiger partial charge on any atom is 0.161 e. The lowest BCUT2D eigenvalue weighted by Crippen LogP contribution is -2.32. The zero-order valence-electron chi connectivity index (χ0n) is 10.1. The summed E-state index contributed by atoms with van der Waals surface area (Å²) in [7, 11) is 3.34. The average Bonchev–Trinajstić information content (AvgIpc) is 2.84. The molecule has 1 aliphatic heterocycles. The molecule has 1 unspecified atom stereocenters. The molecule has 4 nitrogen and oxygen atoms in total. The summed E-state index contributed by atoms with van der Waals surface area (Å²) in [5.74, 6) is 3.16. The lowest BCUT2D eigenvalue weighted by molar-refractivity contribution is 0.353. The summed E-state index contributed by atoms with van der Waals surface area (Å²) in [4.78, 5) is 4.49. The molecule has 0 radical (unpaired) electrons. The molecular weight excluding hydrogens is 216 g/mol. The number of ether oxygens (including phenoxy) is 2. The standard InChI is InChI=1S/C13H16N2O2/c1-16-11-6-8-5-10(13-14-3-4-15-13)9(8)7-12(11)17-2/h6-7,10H,3-5H2,1-2H3,(H,14,15). The van der Waals surface area contributed by atoms with E-state index in [4.69, 9.17) is 9.47 Å². The van der Waals surface area contributed by atoms with Crippen LogP contribution in [0.25, 0.3) is 0 Å². The molecule has 1 aromatic rings. The van der Waals surface area contributed by atoms with Crippen LogP contribution in [0.2, 0.25) is 0 Å². The van der Waals surface area contributed by atoms with Crippen LogP contribution in [0.4, 0.5) is 0 Å². The van der Waals surface area contributed by atoms with Gasteiger partial charge in [0.1, 0.15) is 5.84 Å². The molecule has 3 rings (SSSR count). The number of nitrogens with one attached hydrogen (secondary N) is 1. The minimum Gasteiger partial charge on any atom is -0.493 e. The summed E-state index contributed by atoms with van der Waals surface area (Å²) in [5, 5.41) is 3.34. The molecule has 1 N–H and O–H groups in total. The fraction of sp³-hybridized carbons (Fsp3) is 0.462. The fourth-order valence-corrected chi connectivity index (χ4v) is 2.53. The van der Waals surface area contributed by atoms with Gasteiger partial charge in [-0.3, -0.25) is 4.99 Å². The summed E-state index contributed by atoms with van der Waals surface area (Å²) < 4.78 is 10.6. The number of nitrogens with zero attached hydrogens (tertiary/aromatic N) is 1. The number of amidine groups is 1. The van der Waals surface area contributed by atoms with Crippen molar-refractivity contribution in [1.82, 2.24) is 5.32 Å². The highest BCUT2D eigenvalue weighted by Gasteiger charge is 2.33. The van der Waals surface area contributed by atoms with Crippen molar-refractivity contribution >= 4 is 5.84 Å². The summed E-state index contributed by atoms with van der Waals surface area (Å²) in [6.07, 6.45) is 1.04. The molecule has 0 fully saturated rings. The Morgan fingerprint density at radius 1 is 1.24 bits per heavy atom. The minimum atomic E-state index is 0.423. The smallest absolute Gasteiger partial charge is 0.161 e. The molecule has 0 amide bonds. The van der Waals surface area contributed by atoms with Gasteiger partial charge >= 0.3 is 0 Å². The maximum atomic E-state index is 5.33. The number of benzene rings is 1. The normalized spacial score (nSPS) is 21.1. The van der Waals surface area contributed by atoms with Gasteiger partial charge in [-0.05, 0) is 29.7 Å². The lowest BCUT2D eigenvalue weighted by Gasteiger charge is -2.31. The first kappa shape index (κ1) is 10.4. The largest absolute Gasteiger partial charge is 0.493 e. The lowest BCUT2D eigenvalue weighted by atomic mass is 9.76. The molecular formula is C13H16N2O2. The molecule has 4 heteroatoms. The highest BCUT2D eigenvalue weighted by molar-refractivity contribution is 5.93. The number of methoxy groups -OCH3 is 2. The van der Waals surface area contributed by atoms with Gasteiger partial charge in [-0.15, -0.1) is 0 Å². The van der Waals surface area contributed by atoms with Crippen LogP contribution in [0.15, 0.2) is 17.1 Å². The second-order valence-corrected chi connectivity index (χ2v) is 4.36. The molecule has 90 valence electrons. The van der Waals surface area contributed by atoms with Crippen molar-refractivity contribution in [3.63, 3.8) is 0 Å². The van der Waals surface area contributed by atoms with Crippen molar-refractivity contribution in [2.45, 2.75) is 12.3 Å². The third kappa shape index (κ3) is 1.55. The first-order chi connectivity index (χ1) is 8.33. The van der Waals surface area contributed by atoms with Gasteiger partial charge < -0.3 is 14.8 Å². The van der Waals surface area contributed by atoms with Crippen LogP contribution >= 0.6 is 0 Å². The van der Waals surface area contributed by atoms with Crippen molar-refractivity contribution in [3.05, 3.63) is 23.3 Å². The van der Waals surface area contributed by atoms with Gasteiger partial charge in [0.05, 0.1) is 20.8 Å². The summed E-state index contributed by atoms with van der Waals surface area (Å²) in [5.41, 5.74) is 2.65. The number of rotatable bonds is 3. The molecule has 0 saturated carbocycles. The van der Waals surface area contributed by atoms with Gasteiger partial charge in [-0.1, -0.05) is 0 Å². The minimum absolute atomic E-state index is 0.423. The van der Waals surface area contributed by atoms with Crippen molar-refractivity contribution < 1.29 is 9.47 Å². The van der Waals surface area contributed by atoms with E-state index in [-0.39, 0.29) is 0 Å². The quantitative estimate of drug-likeness (QED) is 0.855. The molecule has 17 heavy (non-hydrogen) atoms. The first-order valence-electron chi connectivity index (χ1n) is 5.86. The van der Waals surface area contributed by atoms with Gasteiger partial charge in [0.15, 0.2) is 11.5 Å². The molecule has 1 aliphatic carbocycles. The summed E-state index contributed by atoms with van der Waals surface area (Å²) in [6.45, 7) is 1.86. The van der Waals surface area contributed by atoms with Crippen molar-refractivity contribution in [1.29, 1.82) is 0 Å². The van der Waals surface area contributed by atoms with Crippen LogP contribution in [-0.4, -0.2) is 33.1 Å². The predicted molar refractivity (Wildman–Crippen MR) is 66.3 cm³/mol. The zero-order chi connectivity index (χ0) is 11.8. The van der Waals surface area contributed by atoms with E-state index in [0.717, 1.165) is 36.8 Å². The Morgan fingerprint density at radius 2 is 2.00 bits per heavy atom. The first-order valence-corrected chi connectivity index (χ1v) is 5.86. The van der Waals surface area contributed by atoms with Crippen molar-refractivity contribution in [2.75, 3.05) is 27.3 Å². The maximum absolute atomic E-state index is 5.33. The SMILES string of the molecule is COc1cc2c(cc1OC)C(C1=NCCN1)C2. The number of hydrogen-bond acceptors (Lipinski definition) is 4. The van der Waals surface area contributed by atoms with E-state index in [2.05, 4.69) is 22.4 Å². The average molecular weight is 232 g/mol. The molecule has 1 heterocycles. The summed E-state index contributed by atoms with van der Waals surface area (Å²) in [6, 6.07) is 4.14. The Balaban J connectivity index is 1.94. The van der Waals surface area contributed by atoms with Crippen LogP contribution in [0.5, 0.6) is 11.5 Å². The number of aliphatic imine (C=N–C) groups is 1. The molecule has 0 spiro atoms. The molecule has 1 aromatic carbocycles. The third-order valence-electron chi connectivity index (χ3n) is 3.47. The van der Waals surface area contributed by atoms with Crippen molar-refractivity contribution in [2.24, 2.45) is 4.99 Å². The van der Waals surface area contributed by atoms with Gasteiger partial charge in [0, 0.05) is 12.5 Å². The molecule has 1 atom stereocenters. The van der Waals surface area contributed by atoms with Crippen LogP contribution in [0.3, 0.4) is 0 Å². The molecule has 2 aliphatic rings. The Kier molecular flexibility index (Phi) is 2.42. The Labute approximate surface area is 101 Å². The van der Waals surface area contributed by atoms with Gasteiger partial charge in [0.2, 0.25) is 0 Å². The number of hydrogen-bond donors (Lipinski definition) is 1. The van der Waals surface area contributed by atoms with Crippen LogP contribution in [0, 0.1) is 0 Å². The third-order valence-corrected chi connectivity index (χ3v) is 3.47. The molecule has 0 saturated heterocycles. The highest BCUT2D eigenvalue weighted by Crippen LogP contribution is 2.42. The van der Waals surface area contributed by atoms with E-state index in [1.54, 1.807) is 14.2 Å². The van der Waals surface area contributed by atoms with Gasteiger partial charge in [-0.2, -0.15) is 0 Å². The van der Waals surface area contributed by atoms with Crippen LogP contribution < -0.4 is 14.8 Å². The zero-order valence-corrected chi connectivity index (χ0v) is 10.1. The second-order valence-electron chi connectivity index (χ2n) is 4.36. The summed E-state index contributed by atoms with van der Waals surface area (Å²) >= 11 is 0. The van der Waals surface area contributed by atoms with Crippen LogP contribution in [-0.2, 0) is 6.42 Å².